The van der Waals surface area contributed by atoms with Crippen LogP contribution in [0.1, 0.15) is 105 Å². The van der Waals surface area contributed by atoms with Gasteiger partial charge in [-0.25, -0.2) is 4.57 Å². The Hall–Kier alpha value is -2.41. The van der Waals surface area contributed by atoms with Crippen molar-refractivity contribution in [2.75, 3.05) is 11.5 Å². The molecule has 4 nitrogen and oxygen atoms in total. The Bertz CT molecular complexity index is 1120. The Kier molecular flexibility index (Phi) is 16.6. The second-order valence-corrected chi connectivity index (χ2v) is 10.8. The van der Waals surface area contributed by atoms with Crippen LogP contribution in [0.25, 0.3) is 0 Å². The zero-order chi connectivity index (χ0) is 27.7. The van der Waals surface area contributed by atoms with Crippen molar-refractivity contribution in [1.82, 2.24) is 0 Å². The molecule has 0 atom stereocenters. The Labute approximate surface area is 260 Å². The summed E-state index contributed by atoms with van der Waals surface area (Å²) in [5.74, 6) is 0.899. The Morgan fingerprint density at radius 2 is 1.43 bits per heavy atom. The van der Waals surface area contributed by atoms with Crippen molar-refractivity contribution in [3.8, 4) is 5.75 Å². The molecular weight excluding hydrogens is 607 g/mol. The van der Waals surface area contributed by atoms with Crippen LogP contribution in [0.2, 0.25) is 0 Å². The summed E-state index contributed by atoms with van der Waals surface area (Å²) in [5.41, 5.74) is 3.81. The van der Waals surface area contributed by atoms with Gasteiger partial charge in [-0.05, 0) is 54.8 Å². The molecule has 0 aliphatic heterocycles. The fraction of sp³-hybridized carbons (Fsp3) is 0.486. The number of unbranched alkanes of at least 4 members (excludes halogenated alkanes) is 11. The summed E-state index contributed by atoms with van der Waals surface area (Å²) in [4.78, 5) is 15.4. The van der Waals surface area contributed by atoms with Crippen molar-refractivity contribution < 1.29 is 38.1 Å². The van der Waals surface area contributed by atoms with Gasteiger partial charge in [0.25, 0.3) is 5.91 Å². The molecule has 0 saturated heterocycles. The zero-order valence-corrected chi connectivity index (χ0v) is 27.1. The molecule has 0 bridgehead atoms. The zero-order valence-electron chi connectivity index (χ0n) is 24.9. The van der Waals surface area contributed by atoms with Gasteiger partial charge in [0.2, 0.25) is 0 Å². The predicted molar refractivity (Wildman–Crippen MR) is 162 cm³/mol. The van der Waals surface area contributed by atoms with E-state index in [0.717, 1.165) is 35.6 Å². The minimum Gasteiger partial charge on any atom is -1.00 e. The maximum absolute atomic E-state index is 13.5. The molecule has 0 unspecified atom stereocenters. The molecule has 0 N–H and O–H groups in total. The van der Waals surface area contributed by atoms with Crippen molar-refractivity contribution in [1.29, 1.82) is 0 Å². The van der Waals surface area contributed by atoms with Gasteiger partial charge in [0.1, 0.15) is 18.4 Å². The van der Waals surface area contributed by atoms with Crippen LogP contribution in [0.3, 0.4) is 0 Å². The van der Waals surface area contributed by atoms with Gasteiger partial charge in [0.05, 0.1) is 13.2 Å². The number of halogens is 1. The number of anilines is 1. The SMILES string of the molecule is CCCCCCCCCCCCCCOc1ccc(CN(C(=O)c2ccc[n+](C)c2)c2ccccc2)c(C)c1.[I-]. The third-order valence-corrected chi connectivity index (χ3v) is 7.41. The first-order chi connectivity index (χ1) is 19.1. The fourth-order valence-corrected chi connectivity index (χ4v) is 5.00. The maximum atomic E-state index is 13.5. The number of carbonyl (C=O) groups is 1. The number of hydrogen-bond donors (Lipinski definition) is 0. The second-order valence-electron chi connectivity index (χ2n) is 10.8. The lowest BCUT2D eigenvalue weighted by Gasteiger charge is -2.24. The molecule has 1 aromatic heterocycles. The molecule has 0 saturated carbocycles. The summed E-state index contributed by atoms with van der Waals surface area (Å²) in [6.07, 6.45) is 19.9. The lowest BCUT2D eigenvalue weighted by Crippen LogP contribution is -3.00. The van der Waals surface area contributed by atoms with Gasteiger partial charge < -0.3 is 33.6 Å². The molecule has 0 aliphatic rings. The standard InChI is InChI=1S/C35H49N2O2.HI/c1-4-5-6-7-8-9-10-11-12-13-14-18-26-39-34-24-23-31(30(2)27-34)29-37(33-21-16-15-17-22-33)35(38)32-20-19-25-36(3)28-32;/h15-17,19-25,27-28H,4-14,18,26,29H2,1-3H3;1H/q+1;/p-1. The first-order valence-electron chi connectivity index (χ1n) is 15.1. The molecule has 1 amide bonds. The third-order valence-electron chi connectivity index (χ3n) is 7.41. The molecule has 5 heteroatoms. The van der Waals surface area contributed by atoms with E-state index in [1.54, 1.807) is 0 Å². The van der Waals surface area contributed by atoms with E-state index in [1.165, 1.54) is 70.6 Å². The number of hydrogen-bond acceptors (Lipinski definition) is 2. The number of rotatable bonds is 18. The van der Waals surface area contributed by atoms with Crippen molar-refractivity contribution >= 4 is 11.6 Å². The molecule has 0 radical (unpaired) electrons. The quantitative estimate of drug-likeness (QED) is 0.0994. The molecule has 40 heavy (non-hydrogen) atoms. The number of aryl methyl sites for hydroxylation is 2. The number of ether oxygens (including phenoxy) is 1. The summed E-state index contributed by atoms with van der Waals surface area (Å²) in [6.45, 7) is 5.64. The fourth-order valence-electron chi connectivity index (χ4n) is 5.00. The molecule has 0 aliphatic carbocycles. The molecule has 218 valence electrons. The first-order valence-corrected chi connectivity index (χ1v) is 15.1. The summed E-state index contributed by atoms with van der Waals surface area (Å²) >= 11 is 0. The van der Waals surface area contributed by atoms with E-state index in [4.69, 9.17) is 4.74 Å². The van der Waals surface area contributed by atoms with E-state index in [1.807, 2.05) is 77.4 Å². The summed E-state index contributed by atoms with van der Waals surface area (Å²) in [5, 5.41) is 0. The topological polar surface area (TPSA) is 33.4 Å². The molecule has 1 heterocycles. The predicted octanol–water partition coefficient (Wildman–Crippen LogP) is 5.75. The maximum Gasteiger partial charge on any atom is 0.264 e. The van der Waals surface area contributed by atoms with Crippen LogP contribution < -0.4 is 38.2 Å². The number of amides is 1. The van der Waals surface area contributed by atoms with Gasteiger partial charge in [-0.2, -0.15) is 0 Å². The van der Waals surface area contributed by atoms with Crippen molar-refractivity contribution in [3.05, 3.63) is 89.7 Å². The average molecular weight is 657 g/mol. The summed E-state index contributed by atoms with van der Waals surface area (Å²) in [7, 11) is 1.93. The van der Waals surface area contributed by atoms with E-state index < -0.39 is 0 Å². The van der Waals surface area contributed by atoms with Crippen molar-refractivity contribution in [3.63, 3.8) is 0 Å². The van der Waals surface area contributed by atoms with E-state index in [0.29, 0.717) is 12.1 Å². The Morgan fingerprint density at radius 3 is 2.02 bits per heavy atom. The van der Waals surface area contributed by atoms with Crippen LogP contribution in [0, 0.1) is 6.92 Å². The van der Waals surface area contributed by atoms with Gasteiger partial charge >= 0.3 is 0 Å². The minimum atomic E-state index is -0.0101. The Balaban J connectivity index is 0.00000560. The smallest absolute Gasteiger partial charge is 0.264 e. The average Bonchev–Trinajstić information content (AvgIpc) is 2.95. The van der Waals surface area contributed by atoms with Gasteiger partial charge in [-0.15, -0.1) is 0 Å². The number of carbonyl (C=O) groups excluding carboxylic acids is 1. The number of nitrogens with zero attached hydrogens (tertiary/aromatic N) is 2. The van der Waals surface area contributed by atoms with E-state index in [2.05, 4.69) is 26.0 Å². The number of pyridine rings is 1. The highest BCUT2D eigenvalue weighted by molar-refractivity contribution is 6.05. The number of benzene rings is 2. The minimum absolute atomic E-state index is 0. The summed E-state index contributed by atoms with van der Waals surface area (Å²) < 4.78 is 7.98. The highest BCUT2D eigenvalue weighted by atomic mass is 127. The molecule has 3 rings (SSSR count). The van der Waals surface area contributed by atoms with Crippen molar-refractivity contribution in [2.24, 2.45) is 7.05 Å². The third kappa shape index (κ3) is 12.0. The van der Waals surface area contributed by atoms with E-state index in [-0.39, 0.29) is 29.9 Å². The molecule has 2 aromatic carbocycles. The number of aromatic nitrogens is 1. The Morgan fingerprint density at radius 1 is 0.800 bits per heavy atom. The normalized spacial score (nSPS) is 10.7. The monoisotopic (exact) mass is 656 g/mol. The first kappa shape index (κ1) is 33.8. The molecular formula is C35H49IN2O2. The molecule has 3 aromatic rings. The lowest BCUT2D eigenvalue weighted by molar-refractivity contribution is -0.671. The molecule has 0 fully saturated rings. The largest absolute Gasteiger partial charge is 1.00 e. The lowest BCUT2D eigenvalue weighted by atomic mass is 10.1. The van der Waals surface area contributed by atoms with E-state index in [9.17, 15) is 4.79 Å². The van der Waals surface area contributed by atoms with Crippen LogP contribution in [0.15, 0.2) is 73.1 Å². The van der Waals surface area contributed by atoms with Crippen LogP contribution in [-0.2, 0) is 13.6 Å². The van der Waals surface area contributed by atoms with Crippen LogP contribution in [-0.4, -0.2) is 12.5 Å². The highest BCUT2D eigenvalue weighted by Crippen LogP contribution is 2.24. The van der Waals surface area contributed by atoms with Crippen LogP contribution in [0.5, 0.6) is 5.75 Å². The van der Waals surface area contributed by atoms with Crippen LogP contribution in [0.4, 0.5) is 5.69 Å². The second kappa shape index (κ2) is 19.6. The van der Waals surface area contributed by atoms with Gasteiger partial charge in [0, 0.05) is 11.8 Å². The summed E-state index contributed by atoms with van der Waals surface area (Å²) in [6, 6.07) is 19.9. The van der Waals surface area contributed by atoms with Gasteiger partial charge in [-0.3, -0.25) is 4.79 Å². The van der Waals surface area contributed by atoms with Gasteiger partial charge in [-0.1, -0.05) is 102 Å². The highest BCUT2D eigenvalue weighted by Gasteiger charge is 2.21. The number of para-hydroxylation sites is 1. The van der Waals surface area contributed by atoms with E-state index >= 15 is 0 Å². The van der Waals surface area contributed by atoms with Crippen LogP contribution >= 0.6 is 0 Å². The van der Waals surface area contributed by atoms with Gasteiger partial charge in [0.15, 0.2) is 12.4 Å². The molecule has 0 spiro atoms. The van der Waals surface area contributed by atoms with Crippen molar-refractivity contribution in [2.45, 2.75) is 97.4 Å².